The van der Waals surface area contributed by atoms with Crippen LogP contribution in [0.3, 0.4) is 0 Å². The summed E-state index contributed by atoms with van der Waals surface area (Å²) in [5.74, 6) is -1.20. The van der Waals surface area contributed by atoms with Crippen molar-refractivity contribution in [1.82, 2.24) is 0 Å². The summed E-state index contributed by atoms with van der Waals surface area (Å²) in [5, 5.41) is 0.526. The van der Waals surface area contributed by atoms with Crippen molar-refractivity contribution in [2.75, 3.05) is 13.2 Å². The minimum Gasteiger partial charge on any atom is -0.464 e. The number of para-hydroxylation sites is 1. The summed E-state index contributed by atoms with van der Waals surface area (Å²) >= 11 is 0. The first kappa shape index (κ1) is 14.2. The van der Waals surface area contributed by atoms with E-state index in [4.69, 9.17) is 13.9 Å². The molecular weight excluding hydrogens is 292 g/mol. The van der Waals surface area contributed by atoms with Gasteiger partial charge in [-0.15, -0.1) is 0 Å². The molecule has 2 aromatic carbocycles. The Morgan fingerprint density at radius 1 is 0.870 bits per heavy atom. The third kappa shape index (κ3) is 2.27. The van der Waals surface area contributed by atoms with Crippen LogP contribution in [0.2, 0.25) is 0 Å². The molecule has 0 unspecified atom stereocenters. The van der Waals surface area contributed by atoms with Crippen molar-refractivity contribution in [3.8, 4) is 0 Å². The van der Waals surface area contributed by atoms with E-state index in [1.54, 1.807) is 12.1 Å². The Morgan fingerprint density at radius 2 is 1.57 bits per heavy atom. The normalized spacial score (nSPS) is 17.2. The lowest BCUT2D eigenvalue weighted by Gasteiger charge is -2.37. The molecule has 1 aromatic heterocycles. The predicted octanol–water partition coefficient (Wildman–Crippen LogP) is 3.43. The van der Waals surface area contributed by atoms with Crippen LogP contribution in [-0.2, 0) is 15.3 Å². The molecule has 1 fully saturated rings. The molecule has 1 saturated heterocycles. The van der Waals surface area contributed by atoms with Crippen LogP contribution in [0.25, 0.3) is 11.0 Å². The zero-order valence-electron chi connectivity index (χ0n) is 12.5. The Bertz CT molecular complexity index is 877. The van der Waals surface area contributed by atoms with Crippen LogP contribution in [0.5, 0.6) is 0 Å². The summed E-state index contributed by atoms with van der Waals surface area (Å²) in [6.45, 7) is 1.06. The van der Waals surface area contributed by atoms with Gasteiger partial charge in [-0.1, -0.05) is 42.5 Å². The first-order valence-corrected chi connectivity index (χ1v) is 7.66. The second-order valence-corrected chi connectivity index (χ2v) is 5.51. The van der Waals surface area contributed by atoms with Crippen molar-refractivity contribution < 1.29 is 13.9 Å². The molecule has 0 bridgehead atoms. The maximum atomic E-state index is 13.0. The number of hydrogen-bond donors (Lipinski definition) is 0. The minimum atomic E-state index is -1.20. The molecule has 0 spiro atoms. The van der Waals surface area contributed by atoms with E-state index in [2.05, 4.69) is 0 Å². The maximum absolute atomic E-state index is 13.0. The standard InChI is InChI=1S/C19H16O4/c20-18-15-9-4-5-10-17(15)21-13-16(18)19(22-11-6-12-23-19)14-7-2-1-3-8-14/h1-5,7-10,13H,6,11-12H2. The highest BCUT2D eigenvalue weighted by molar-refractivity contribution is 5.76. The fourth-order valence-corrected chi connectivity index (χ4v) is 2.97. The van der Waals surface area contributed by atoms with Crippen LogP contribution in [0.1, 0.15) is 17.5 Å². The SMILES string of the molecule is O=c1c(C2(c3ccccc3)OCCCO2)coc2ccccc12. The van der Waals surface area contributed by atoms with Crippen molar-refractivity contribution in [2.45, 2.75) is 12.2 Å². The summed E-state index contributed by atoms with van der Waals surface area (Å²) in [5.41, 5.74) is 1.60. The molecule has 4 heteroatoms. The number of rotatable bonds is 2. The van der Waals surface area contributed by atoms with Gasteiger partial charge in [0.05, 0.1) is 24.2 Å². The van der Waals surface area contributed by atoms with E-state index in [9.17, 15) is 4.79 Å². The molecule has 0 radical (unpaired) electrons. The molecule has 4 rings (SSSR count). The van der Waals surface area contributed by atoms with Gasteiger partial charge in [0.1, 0.15) is 11.8 Å². The van der Waals surface area contributed by atoms with Gasteiger partial charge in [0.2, 0.25) is 11.2 Å². The highest BCUT2D eigenvalue weighted by Gasteiger charge is 2.41. The van der Waals surface area contributed by atoms with Crippen molar-refractivity contribution in [3.05, 3.63) is 82.2 Å². The zero-order chi connectivity index (χ0) is 15.7. The lowest BCUT2D eigenvalue weighted by Crippen LogP contribution is -2.42. The van der Waals surface area contributed by atoms with Crippen molar-refractivity contribution in [2.24, 2.45) is 0 Å². The van der Waals surface area contributed by atoms with E-state index in [0.717, 1.165) is 12.0 Å². The van der Waals surface area contributed by atoms with Gasteiger partial charge in [-0.25, -0.2) is 0 Å². The molecule has 3 aromatic rings. The Hall–Kier alpha value is -2.43. The third-order valence-corrected chi connectivity index (χ3v) is 4.09. The first-order valence-electron chi connectivity index (χ1n) is 7.66. The summed E-state index contributed by atoms with van der Waals surface area (Å²) in [7, 11) is 0. The van der Waals surface area contributed by atoms with Gasteiger partial charge in [-0.05, 0) is 18.6 Å². The molecule has 0 saturated carbocycles. The first-order chi connectivity index (χ1) is 11.3. The minimum absolute atomic E-state index is 0.127. The lowest BCUT2D eigenvalue weighted by molar-refractivity contribution is -0.250. The predicted molar refractivity (Wildman–Crippen MR) is 86.2 cm³/mol. The summed E-state index contributed by atoms with van der Waals surface area (Å²) in [6, 6.07) is 16.7. The third-order valence-electron chi connectivity index (χ3n) is 4.09. The average Bonchev–Trinajstić information content (AvgIpc) is 2.63. The molecule has 0 atom stereocenters. The topological polar surface area (TPSA) is 48.7 Å². The summed E-state index contributed by atoms with van der Waals surface area (Å²) in [6.07, 6.45) is 2.26. The Labute approximate surface area is 133 Å². The molecule has 116 valence electrons. The van der Waals surface area contributed by atoms with Gasteiger partial charge in [-0.2, -0.15) is 0 Å². The molecule has 1 aliphatic rings. The van der Waals surface area contributed by atoms with Gasteiger partial charge in [0.25, 0.3) is 0 Å². The van der Waals surface area contributed by atoms with Crippen LogP contribution in [0.15, 0.2) is 70.1 Å². The molecular formula is C19H16O4. The van der Waals surface area contributed by atoms with Gasteiger partial charge >= 0.3 is 0 Å². The quantitative estimate of drug-likeness (QED) is 0.728. The van der Waals surface area contributed by atoms with E-state index in [1.807, 2.05) is 42.5 Å². The second-order valence-electron chi connectivity index (χ2n) is 5.51. The Morgan fingerprint density at radius 3 is 2.35 bits per heavy atom. The van der Waals surface area contributed by atoms with E-state index >= 15 is 0 Å². The Kier molecular flexibility index (Phi) is 3.48. The largest absolute Gasteiger partial charge is 0.464 e. The average molecular weight is 308 g/mol. The fraction of sp³-hybridized carbons (Fsp3) is 0.211. The van der Waals surface area contributed by atoms with Crippen molar-refractivity contribution in [1.29, 1.82) is 0 Å². The van der Waals surface area contributed by atoms with Gasteiger partial charge in [0, 0.05) is 5.56 Å². The number of ether oxygens (including phenoxy) is 2. The van der Waals surface area contributed by atoms with Crippen LogP contribution in [-0.4, -0.2) is 13.2 Å². The molecule has 0 amide bonds. The molecule has 0 N–H and O–H groups in total. The maximum Gasteiger partial charge on any atom is 0.229 e. The highest BCUT2D eigenvalue weighted by Crippen LogP contribution is 2.36. The van der Waals surface area contributed by atoms with Crippen molar-refractivity contribution >= 4 is 11.0 Å². The summed E-state index contributed by atoms with van der Waals surface area (Å²) in [4.78, 5) is 13.0. The van der Waals surface area contributed by atoms with E-state index in [0.29, 0.717) is 29.7 Å². The monoisotopic (exact) mass is 308 g/mol. The van der Waals surface area contributed by atoms with Crippen LogP contribution < -0.4 is 5.43 Å². The molecule has 0 aliphatic carbocycles. The smallest absolute Gasteiger partial charge is 0.229 e. The number of benzene rings is 2. The highest BCUT2D eigenvalue weighted by atomic mass is 16.7. The molecule has 2 heterocycles. The van der Waals surface area contributed by atoms with Crippen LogP contribution >= 0.6 is 0 Å². The van der Waals surface area contributed by atoms with Crippen LogP contribution in [0, 0.1) is 0 Å². The van der Waals surface area contributed by atoms with Gasteiger partial charge in [0.15, 0.2) is 0 Å². The van der Waals surface area contributed by atoms with Gasteiger partial charge in [-0.3, -0.25) is 4.79 Å². The zero-order valence-corrected chi connectivity index (χ0v) is 12.5. The van der Waals surface area contributed by atoms with Gasteiger partial charge < -0.3 is 13.9 Å². The van der Waals surface area contributed by atoms with E-state index in [1.165, 1.54) is 6.26 Å². The molecule has 23 heavy (non-hydrogen) atoms. The summed E-state index contributed by atoms with van der Waals surface area (Å²) < 4.78 is 17.6. The van der Waals surface area contributed by atoms with Crippen molar-refractivity contribution in [3.63, 3.8) is 0 Å². The lowest BCUT2D eigenvalue weighted by atomic mass is 9.96. The second kappa shape index (κ2) is 5.65. The molecule has 1 aliphatic heterocycles. The number of hydrogen-bond acceptors (Lipinski definition) is 4. The van der Waals surface area contributed by atoms with E-state index < -0.39 is 5.79 Å². The van der Waals surface area contributed by atoms with Crippen LogP contribution in [0.4, 0.5) is 0 Å². The fourth-order valence-electron chi connectivity index (χ4n) is 2.97. The molecule has 4 nitrogen and oxygen atoms in total. The van der Waals surface area contributed by atoms with E-state index in [-0.39, 0.29) is 5.43 Å². The Balaban J connectivity index is 1.98. The number of fused-ring (bicyclic) bond motifs is 1.